The zero-order valence-electron chi connectivity index (χ0n) is 12.8. The van der Waals surface area contributed by atoms with E-state index in [2.05, 4.69) is 10.5 Å². The maximum Gasteiger partial charge on any atom is 0.270 e. The molecular formula is C17H14N4O3. The second kappa shape index (κ2) is 6.33. The molecule has 2 aromatic carbocycles. The van der Waals surface area contributed by atoms with E-state index in [9.17, 15) is 14.9 Å². The number of hydrazone groups is 1. The summed E-state index contributed by atoms with van der Waals surface area (Å²) < 4.78 is 1.56. The number of nitro benzene ring substituents is 1. The average Bonchev–Trinajstić information content (AvgIpc) is 2.59. The molecule has 0 unspecified atom stereocenters. The number of pyridine rings is 1. The first kappa shape index (κ1) is 15.4. The minimum Gasteiger partial charge on any atom is -0.311 e. The minimum absolute atomic E-state index is 0.00187. The summed E-state index contributed by atoms with van der Waals surface area (Å²) in [5.41, 5.74) is 4.64. The molecule has 1 N–H and O–H groups in total. The monoisotopic (exact) mass is 322 g/mol. The number of rotatable bonds is 4. The van der Waals surface area contributed by atoms with Gasteiger partial charge in [-0.1, -0.05) is 30.3 Å². The molecule has 0 aliphatic carbocycles. The van der Waals surface area contributed by atoms with Crippen LogP contribution in [0.25, 0.3) is 10.9 Å². The molecule has 120 valence electrons. The lowest BCUT2D eigenvalue weighted by Gasteiger charge is -2.09. The van der Waals surface area contributed by atoms with E-state index in [1.807, 2.05) is 24.3 Å². The molecule has 24 heavy (non-hydrogen) atoms. The number of fused-ring (bicyclic) bond motifs is 1. The molecule has 0 atom stereocenters. The first-order valence-corrected chi connectivity index (χ1v) is 7.18. The number of anilines is 1. The van der Waals surface area contributed by atoms with Crippen LogP contribution in [0, 0.1) is 10.1 Å². The van der Waals surface area contributed by atoms with Gasteiger partial charge in [0.1, 0.15) is 0 Å². The van der Waals surface area contributed by atoms with Crippen molar-refractivity contribution in [2.45, 2.75) is 0 Å². The van der Waals surface area contributed by atoms with Gasteiger partial charge in [0.15, 0.2) is 0 Å². The van der Waals surface area contributed by atoms with Crippen LogP contribution in [0.3, 0.4) is 0 Å². The summed E-state index contributed by atoms with van der Waals surface area (Å²) in [6.45, 7) is 0. The standard InChI is InChI=1S/C17H14N4O3/c1-20-16-8-3-2-7-14(16)15(10-17(20)22)19-18-11-12-5-4-6-13(9-12)21(23)24/h2-11,19H,1H3/b18-11+. The molecule has 0 aliphatic rings. The van der Waals surface area contributed by atoms with Gasteiger partial charge < -0.3 is 4.57 Å². The van der Waals surface area contributed by atoms with Crippen LogP contribution in [-0.2, 0) is 7.05 Å². The van der Waals surface area contributed by atoms with Crippen LogP contribution >= 0.6 is 0 Å². The van der Waals surface area contributed by atoms with Crippen molar-refractivity contribution in [1.82, 2.24) is 4.57 Å². The maximum atomic E-state index is 12.0. The molecule has 0 amide bonds. The lowest BCUT2D eigenvalue weighted by molar-refractivity contribution is -0.384. The highest BCUT2D eigenvalue weighted by Gasteiger charge is 2.06. The highest BCUT2D eigenvalue weighted by molar-refractivity contribution is 5.92. The first-order chi connectivity index (χ1) is 11.6. The second-order valence-corrected chi connectivity index (χ2v) is 5.19. The van der Waals surface area contributed by atoms with Crippen molar-refractivity contribution >= 4 is 28.5 Å². The van der Waals surface area contributed by atoms with E-state index in [0.717, 1.165) is 10.9 Å². The number of aryl methyl sites for hydroxylation is 1. The SMILES string of the molecule is Cn1c(=O)cc(N/N=C/c2cccc([N+](=O)[O-])c2)c2ccccc21. The Morgan fingerprint density at radius 3 is 2.75 bits per heavy atom. The number of benzene rings is 2. The molecular weight excluding hydrogens is 308 g/mol. The third-order valence-electron chi connectivity index (χ3n) is 3.63. The fraction of sp³-hybridized carbons (Fsp3) is 0.0588. The van der Waals surface area contributed by atoms with E-state index in [-0.39, 0.29) is 11.2 Å². The zero-order valence-corrected chi connectivity index (χ0v) is 12.8. The van der Waals surface area contributed by atoms with E-state index in [1.165, 1.54) is 24.4 Å². The summed E-state index contributed by atoms with van der Waals surface area (Å²) in [7, 11) is 1.71. The van der Waals surface area contributed by atoms with Crippen LogP contribution in [0.2, 0.25) is 0 Å². The van der Waals surface area contributed by atoms with Gasteiger partial charge >= 0.3 is 0 Å². The second-order valence-electron chi connectivity index (χ2n) is 5.19. The van der Waals surface area contributed by atoms with Crippen molar-refractivity contribution in [3.8, 4) is 0 Å². The topological polar surface area (TPSA) is 89.5 Å². The van der Waals surface area contributed by atoms with Crippen molar-refractivity contribution < 1.29 is 4.92 Å². The molecule has 3 rings (SSSR count). The van der Waals surface area contributed by atoms with Gasteiger partial charge in [0.25, 0.3) is 11.2 Å². The number of nitro groups is 1. The highest BCUT2D eigenvalue weighted by atomic mass is 16.6. The molecule has 0 radical (unpaired) electrons. The van der Waals surface area contributed by atoms with Gasteiger partial charge in [-0.25, -0.2) is 0 Å². The van der Waals surface area contributed by atoms with E-state index in [1.54, 1.807) is 23.7 Å². The summed E-state index contributed by atoms with van der Waals surface area (Å²) in [4.78, 5) is 22.3. The Balaban J connectivity index is 1.91. The Morgan fingerprint density at radius 1 is 1.17 bits per heavy atom. The molecule has 1 aromatic heterocycles. The van der Waals surface area contributed by atoms with Crippen molar-refractivity contribution in [2.24, 2.45) is 12.1 Å². The summed E-state index contributed by atoms with van der Waals surface area (Å²) in [6, 6.07) is 15.1. The molecule has 7 nitrogen and oxygen atoms in total. The predicted molar refractivity (Wildman–Crippen MR) is 93.5 cm³/mol. The fourth-order valence-electron chi connectivity index (χ4n) is 2.40. The molecule has 0 aliphatic heterocycles. The van der Waals surface area contributed by atoms with Gasteiger partial charge in [0, 0.05) is 36.2 Å². The van der Waals surface area contributed by atoms with E-state index < -0.39 is 4.92 Å². The van der Waals surface area contributed by atoms with Crippen molar-refractivity contribution in [2.75, 3.05) is 5.43 Å². The quantitative estimate of drug-likeness (QED) is 0.454. The van der Waals surface area contributed by atoms with Gasteiger partial charge in [0.2, 0.25) is 0 Å². The van der Waals surface area contributed by atoms with Crippen LogP contribution in [0.4, 0.5) is 11.4 Å². The Bertz CT molecular complexity index is 1010. The predicted octanol–water partition coefficient (Wildman–Crippen LogP) is 2.89. The van der Waals surface area contributed by atoms with Crippen LogP contribution in [0.5, 0.6) is 0 Å². The Labute approximate surface area is 137 Å². The largest absolute Gasteiger partial charge is 0.311 e. The number of para-hydroxylation sites is 1. The smallest absolute Gasteiger partial charge is 0.270 e. The highest BCUT2D eigenvalue weighted by Crippen LogP contribution is 2.20. The summed E-state index contributed by atoms with van der Waals surface area (Å²) >= 11 is 0. The van der Waals surface area contributed by atoms with Gasteiger partial charge in [-0.2, -0.15) is 5.10 Å². The molecule has 0 saturated carbocycles. The minimum atomic E-state index is -0.459. The number of hydrogen-bond acceptors (Lipinski definition) is 5. The van der Waals surface area contributed by atoms with E-state index in [4.69, 9.17) is 0 Å². The van der Waals surface area contributed by atoms with Crippen LogP contribution in [0.15, 0.2) is 64.5 Å². The van der Waals surface area contributed by atoms with Crippen LogP contribution in [-0.4, -0.2) is 15.7 Å². The third-order valence-corrected chi connectivity index (χ3v) is 3.63. The lowest BCUT2D eigenvalue weighted by atomic mass is 10.2. The van der Waals surface area contributed by atoms with Gasteiger partial charge in [0.05, 0.1) is 22.3 Å². The Kier molecular flexibility index (Phi) is 4.07. The number of nitrogens with one attached hydrogen (secondary N) is 1. The Morgan fingerprint density at radius 2 is 1.96 bits per heavy atom. The van der Waals surface area contributed by atoms with E-state index in [0.29, 0.717) is 11.3 Å². The molecule has 3 aromatic rings. The van der Waals surface area contributed by atoms with Gasteiger partial charge in [-0.3, -0.25) is 20.3 Å². The van der Waals surface area contributed by atoms with Gasteiger partial charge in [-0.15, -0.1) is 0 Å². The maximum absolute atomic E-state index is 12.0. The lowest BCUT2D eigenvalue weighted by Crippen LogP contribution is -2.16. The first-order valence-electron chi connectivity index (χ1n) is 7.18. The van der Waals surface area contributed by atoms with Gasteiger partial charge in [-0.05, 0) is 6.07 Å². The van der Waals surface area contributed by atoms with E-state index >= 15 is 0 Å². The summed E-state index contributed by atoms with van der Waals surface area (Å²) in [6.07, 6.45) is 1.47. The third kappa shape index (κ3) is 3.00. The normalized spacial score (nSPS) is 11.0. The van der Waals surface area contributed by atoms with Crippen LogP contribution in [0.1, 0.15) is 5.56 Å². The molecule has 0 bridgehead atoms. The van der Waals surface area contributed by atoms with Crippen molar-refractivity contribution in [1.29, 1.82) is 0 Å². The van der Waals surface area contributed by atoms with Crippen molar-refractivity contribution in [3.63, 3.8) is 0 Å². The molecule has 1 heterocycles. The molecule has 0 saturated heterocycles. The number of nitrogens with zero attached hydrogens (tertiary/aromatic N) is 3. The molecule has 0 spiro atoms. The fourth-order valence-corrected chi connectivity index (χ4v) is 2.40. The number of aromatic nitrogens is 1. The Hall–Kier alpha value is -3.48. The summed E-state index contributed by atoms with van der Waals surface area (Å²) in [5.74, 6) is 0. The molecule has 0 fully saturated rings. The zero-order chi connectivity index (χ0) is 17.1. The summed E-state index contributed by atoms with van der Waals surface area (Å²) in [5, 5.41) is 15.7. The van der Waals surface area contributed by atoms with Crippen LogP contribution < -0.4 is 11.0 Å². The average molecular weight is 322 g/mol. The number of non-ortho nitro benzene ring substituents is 1. The molecule has 7 heteroatoms. The number of hydrogen-bond donors (Lipinski definition) is 1. The van der Waals surface area contributed by atoms with Crippen molar-refractivity contribution in [3.05, 3.63) is 80.6 Å².